The molecule has 3 rings (SSSR count). The molecular formula is C22H36IN3O3. The topological polar surface area (TPSA) is 75.1 Å². The zero-order valence-corrected chi connectivity index (χ0v) is 20.0. The largest absolute Gasteiger partial charge is 0.497 e. The molecule has 2 saturated carbocycles. The van der Waals surface area contributed by atoms with Crippen LogP contribution in [0, 0.1) is 0 Å². The number of halogens is 1. The summed E-state index contributed by atoms with van der Waals surface area (Å²) in [5.41, 5.74) is 1.07. The van der Waals surface area contributed by atoms with Gasteiger partial charge in [0, 0.05) is 24.2 Å². The number of aliphatic imine (C=N–C) groups is 1. The Kier molecular flexibility index (Phi) is 10.3. The van der Waals surface area contributed by atoms with E-state index in [1.54, 1.807) is 7.11 Å². The summed E-state index contributed by atoms with van der Waals surface area (Å²) in [5.74, 6) is 2.52. The molecule has 0 saturated heterocycles. The Morgan fingerprint density at radius 1 is 1.14 bits per heavy atom. The summed E-state index contributed by atoms with van der Waals surface area (Å²) in [6.07, 6.45) is 8.55. The number of methoxy groups -OCH3 is 1. The quantitative estimate of drug-likeness (QED) is 0.290. The molecule has 0 spiro atoms. The molecule has 2 aliphatic carbocycles. The molecule has 0 radical (unpaired) electrons. The predicted molar refractivity (Wildman–Crippen MR) is 128 cm³/mol. The second-order valence-electron chi connectivity index (χ2n) is 7.84. The van der Waals surface area contributed by atoms with E-state index >= 15 is 0 Å². The van der Waals surface area contributed by atoms with Gasteiger partial charge in [-0.2, -0.15) is 0 Å². The Morgan fingerprint density at radius 2 is 1.86 bits per heavy atom. The van der Waals surface area contributed by atoms with Crippen LogP contribution in [0.2, 0.25) is 0 Å². The molecule has 2 fully saturated rings. The van der Waals surface area contributed by atoms with Crippen molar-refractivity contribution >= 4 is 29.9 Å². The highest BCUT2D eigenvalue weighted by Crippen LogP contribution is 2.30. The molecule has 0 amide bonds. The van der Waals surface area contributed by atoms with Crippen LogP contribution in [0.25, 0.3) is 0 Å². The van der Waals surface area contributed by atoms with E-state index in [2.05, 4.69) is 17.6 Å². The Labute approximate surface area is 191 Å². The molecule has 29 heavy (non-hydrogen) atoms. The van der Waals surface area contributed by atoms with E-state index in [-0.39, 0.29) is 30.1 Å². The van der Waals surface area contributed by atoms with Crippen molar-refractivity contribution in [3.8, 4) is 11.5 Å². The summed E-state index contributed by atoms with van der Waals surface area (Å²) in [7, 11) is 1.68. The third-order valence-electron chi connectivity index (χ3n) is 5.66. The van der Waals surface area contributed by atoms with E-state index in [4.69, 9.17) is 14.5 Å². The fraction of sp³-hybridized carbons (Fsp3) is 0.682. The standard InChI is InChI=1S/C22H35N3O3.HI/c1-3-23-22(25-17-9-11-18(26)12-10-17)24-15-16-8-13-20(27-2)14-21(16)28-19-6-4-5-7-19;/h8,13-14,17-19,26H,3-7,9-12,15H2,1-2H3,(H2,23,24,25);1H. The van der Waals surface area contributed by atoms with E-state index in [0.717, 1.165) is 68.1 Å². The zero-order valence-electron chi connectivity index (χ0n) is 17.7. The van der Waals surface area contributed by atoms with Crippen LogP contribution < -0.4 is 20.1 Å². The van der Waals surface area contributed by atoms with Gasteiger partial charge in [-0.15, -0.1) is 24.0 Å². The number of guanidine groups is 1. The Hall–Kier alpha value is -1.22. The second kappa shape index (κ2) is 12.5. The molecule has 0 unspecified atom stereocenters. The molecule has 0 bridgehead atoms. The van der Waals surface area contributed by atoms with Crippen molar-refractivity contribution in [2.45, 2.75) is 83.1 Å². The molecule has 0 heterocycles. The highest BCUT2D eigenvalue weighted by atomic mass is 127. The fourth-order valence-corrected chi connectivity index (χ4v) is 3.99. The number of hydrogen-bond acceptors (Lipinski definition) is 4. The van der Waals surface area contributed by atoms with E-state index in [9.17, 15) is 5.11 Å². The average molecular weight is 517 g/mol. The molecule has 2 aliphatic rings. The minimum Gasteiger partial charge on any atom is -0.497 e. The summed E-state index contributed by atoms with van der Waals surface area (Å²) >= 11 is 0. The molecule has 1 aromatic rings. The van der Waals surface area contributed by atoms with Crippen molar-refractivity contribution in [2.75, 3.05) is 13.7 Å². The molecule has 0 aromatic heterocycles. The van der Waals surface area contributed by atoms with Crippen LogP contribution in [0.3, 0.4) is 0 Å². The third kappa shape index (κ3) is 7.51. The number of aliphatic hydroxyl groups excluding tert-OH is 1. The van der Waals surface area contributed by atoms with Gasteiger partial charge in [-0.3, -0.25) is 0 Å². The minimum atomic E-state index is -0.146. The maximum atomic E-state index is 9.71. The lowest BCUT2D eigenvalue weighted by atomic mass is 9.93. The molecule has 1 aromatic carbocycles. The van der Waals surface area contributed by atoms with Crippen LogP contribution in [-0.2, 0) is 6.54 Å². The number of benzene rings is 1. The van der Waals surface area contributed by atoms with Crippen LogP contribution in [0.15, 0.2) is 23.2 Å². The maximum absolute atomic E-state index is 9.71. The molecule has 7 heteroatoms. The molecule has 3 N–H and O–H groups in total. The van der Waals surface area contributed by atoms with Crippen molar-refractivity contribution in [3.63, 3.8) is 0 Å². The first kappa shape index (κ1) is 24.1. The van der Waals surface area contributed by atoms with Gasteiger partial charge in [0.2, 0.25) is 0 Å². The molecular weight excluding hydrogens is 481 g/mol. The summed E-state index contributed by atoms with van der Waals surface area (Å²) < 4.78 is 11.7. The van der Waals surface area contributed by atoms with E-state index < -0.39 is 0 Å². The SMILES string of the molecule is CCNC(=NCc1ccc(OC)cc1OC1CCCC1)NC1CCC(O)CC1.I. The summed E-state index contributed by atoms with van der Waals surface area (Å²) in [4.78, 5) is 4.80. The van der Waals surface area contributed by atoms with Gasteiger partial charge in [-0.05, 0) is 70.4 Å². The summed E-state index contributed by atoms with van der Waals surface area (Å²) in [6.45, 7) is 3.44. The number of aliphatic hydroxyl groups is 1. The Balaban J connectivity index is 0.00000300. The van der Waals surface area contributed by atoms with Crippen molar-refractivity contribution in [1.82, 2.24) is 10.6 Å². The highest BCUT2D eigenvalue weighted by molar-refractivity contribution is 14.0. The van der Waals surface area contributed by atoms with Crippen molar-refractivity contribution in [1.29, 1.82) is 0 Å². The summed E-state index contributed by atoms with van der Waals surface area (Å²) in [6, 6.07) is 6.36. The molecule has 164 valence electrons. The first-order valence-corrected chi connectivity index (χ1v) is 10.7. The maximum Gasteiger partial charge on any atom is 0.191 e. The van der Waals surface area contributed by atoms with Crippen LogP contribution in [-0.4, -0.2) is 43.0 Å². The van der Waals surface area contributed by atoms with Gasteiger partial charge < -0.3 is 25.2 Å². The normalized spacial score (nSPS) is 22.7. The number of ether oxygens (including phenoxy) is 2. The Morgan fingerprint density at radius 3 is 2.52 bits per heavy atom. The van der Waals surface area contributed by atoms with E-state index in [1.165, 1.54) is 12.8 Å². The van der Waals surface area contributed by atoms with Gasteiger partial charge >= 0.3 is 0 Å². The Bertz CT molecular complexity index is 642. The molecule has 0 aliphatic heterocycles. The van der Waals surface area contributed by atoms with Crippen molar-refractivity contribution in [3.05, 3.63) is 23.8 Å². The first-order chi connectivity index (χ1) is 13.7. The van der Waals surface area contributed by atoms with Gasteiger partial charge in [0.25, 0.3) is 0 Å². The monoisotopic (exact) mass is 517 g/mol. The van der Waals surface area contributed by atoms with Crippen molar-refractivity contribution in [2.24, 2.45) is 4.99 Å². The number of nitrogens with one attached hydrogen (secondary N) is 2. The first-order valence-electron chi connectivity index (χ1n) is 10.7. The van der Waals surface area contributed by atoms with Crippen LogP contribution in [0.4, 0.5) is 0 Å². The van der Waals surface area contributed by atoms with Gasteiger partial charge in [0.15, 0.2) is 5.96 Å². The van der Waals surface area contributed by atoms with Gasteiger partial charge in [-0.1, -0.05) is 0 Å². The van der Waals surface area contributed by atoms with E-state index in [0.29, 0.717) is 18.7 Å². The third-order valence-corrected chi connectivity index (χ3v) is 5.66. The number of nitrogens with zero attached hydrogens (tertiary/aromatic N) is 1. The average Bonchev–Trinajstić information content (AvgIpc) is 3.21. The smallest absolute Gasteiger partial charge is 0.191 e. The number of hydrogen-bond donors (Lipinski definition) is 3. The highest BCUT2D eigenvalue weighted by Gasteiger charge is 2.21. The van der Waals surface area contributed by atoms with Crippen LogP contribution in [0.1, 0.15) is 63.9 Å². The molecule has 0 atom stereocenters. The lowest BCUT2D eigenvalue weighted by molar-refractivity contribution is 0.120. The lowest BCUT2D eigenvalue weighted by Crippen LogP contribution is -2.45. The van der Waals surface area contributed by atoms with Gasteiger partial charge in [-0.25, -0.2) is 4.99 Å². The second-order valence-corrected chi connectivity index (χ2v) is 7.84. The molecule has 6 nitrogen and oxygen atoms in total. The predicted octanol–water partition coefficient (Wildman–Crippen LogP) is 3.99. The fourth-order valence-electron chi connectivity index (χ4n) is 3.99. The summed E-state index contributed by atoms with van der Waals surface area (Å²) in [5, 5.41) is 16.6. The van der Waals surface area contributed by atoms with Gasteiger partial charge in [0.05, 0.1) is 25.9 Å². The lowest BCUT2D eigenvalue weighted by Gasteiger charge is -2.27. The van der Waals surface area contributed by atoms with Gasteiger partial charge in [0.1, 0.15) is 11.5 Å². The van der Waals surface area contributed by atoms with E-state index in [1.807, 2.05) is 18.2 Å². The zero-order chi connectivity index (χ0) is 19.8. The van der Waals surface area contributed by atoms with Crippen LogP contribution in [0.5, 0.6) is 11.5 Å². The van der Waals surface area contributed by atoms with Crippen LogP contribution >= 0.6 is 24.0 Å². The number of rotatable bonds is 7. The minimum absolute atomic E-state index is 0. The van der Waals surface area contributed by atoms with Crippen molar-refractivity contribution < 1.29 is 14.6 Å².